The molecule has 4 atom stereocenters. The molecule has 1 aliphatic heterocycles. The van der Waals surface area contributed by atoms with Gasteiger partial charge in [-0.2, -0.15) is 5.48 Å². The number of hydroxylamine groups is 1. The Hall–Kier alpha value is -0.200. The summed E-state index contributed by atoms with van der Waals surface area (Å²) in [6.07, 6.45) is -3.91. The van der Waals surface area contributed by atoms with Gasteiger partial charge >= 0.3 is 0 Å². The Balaban J connectivity index is 2.52. The molecular formula is C5H11NO4. The molecule has 0 amide bonds. The topological polar surface area (TPSA) is 82.0 Å². The van der Waals surface area contributed by atoms with Crippen molar-refractivity contribution in [3.63, 3.8) is 0 Å². The smallest absolute Gasteiger partial charge is 0.155 e. The molecule has 0 aromatic carbocycles. The molecule has 1 heterocycles. The zero-order valence-electron chi connectivity index (χ0n) is 5.56. The highest BCUT2D eigenvalue weighted by atomic mass is 16.7. The molecule has 0 bridgehead atoms. The van der Waals surface area contributed by atoms with E-state index in [9.17, 15) is 0 Å². The van der Waals surface area contributed by atoms with Gasteiger partial charge in [0, 0.05) is 0 Å². The van der Waals surface area contributed by atoms with Crippen LogP contribution in [0.15, 0.2) is 0 Å². The molecule has 1 rings (SSSR count). The molecule has 0 saturated carbocycles. The van der Waals surface area contributed by atoms with Crippen molar-refractivity contribution in [2.75, 3.05) is 0 Å². The van der Waals surface area contributed by atoms with Crippen molar-refractivity contribution >= 4 is 0 Å². The van der Waals surface area contributed by atoms with Crippen molar-refractivity contribution in [1.82, 2.24) is 5.48 Å². The molecule has 0 aromatic rings. The number of nitrogens with one attached hydrogen (secondary N) is 1. The van der Waals surface area contributed by atoms with Crippen molar-refractivity contribution in [3.05, 3.63) is 0 Å². The van der Waals surface area contributed by atoms with Gasteiger partial charge in [-0.1, -0.05) is 0 Å². The van der Waals surface area contributed by atoms with E-state index in [4.69, 9.17) is 15.3 Å². The SMILES string of the molecule is CC1ONC(O)C(O)[C@@H]1O. The molecule has 3 unspecified atom stereocenters. The maximum atomic E-state index is 9.04. The lowest BCUT2D eigenvalue weighted by Crippen LogP contribution is -2.57. The second-order valence-corrected chi connectivity index (χ2v) is 2.37. The lowest BCUT2D eigenvalue weighted by molar-refractivity contribution is -0.231. The van der Waals surface area contributed by atoms with Gasteiger partial charge in [-0.05, 0) is 6.92 Å². The summed E-state index contributed by atoms with van der Waals surface area (Å²) in [4.78, 5) is 4.66. The van der Waals surface area contributed by atoms with Crippen LogP contribution >= 0.6 is 0 Å². The van der Waals surface area contributed by atoms with Gasteiger partial charge in [-0.15, -0.1) is 0 Å². The van der Waals surface area contributed by atoms with Gasteiger partial charge in [0.15, 0.2) is 6.23 Å². The first-order chi connectivity index (χ1) is 4.63. The molecular weight excluding hydrogens is 138 g/mol. The van der Waals surface area contributed by atoms with Crippen LogP contribution in [0, 0.1) is 0 Å². The third kappa shape index (κ3) is 1.28. The third-order valence-electron chi connectivity index (χ3n) is 1.53. The summed E-state index contributed by atoms with van der Waals surface area (Å²) in [5.74, 6) is 0. The third-order valence-corrected chi connectivity index (χ3v) is 1.53. The van der Waals surface area contributed by atoms with Crippen LogP contribution in [-0.4, -0.2) is 39.9 Å². The van der Waals surface area contributed by atoms with Gasteiger partial charge in [0.1, 0.15) is 18.3 Å². The summed E-state index contributed by atoms with van der Waals surface area (Å²) in [5.41, 5.74) is 2.16. The van der Waals surface area contributed by atoms with E-state index in [0.717, 1.165) is 0 Å². The van der Waals surface area contributed by atoms with E-state index in [0.29, 0.717) is 0 Å². The second-order valence-electron chi connectivity index (χ2n) is 2.37. The Labute approximate surface area is 58.2 Å². The van der Waals surface area contributed by atoms with Crippen LogP contribution in [0.5, 0.6) is 0 Å². The minimum absolute atomic E-state index is 0.501. The highest BCUT2D eigenvalue weighted by molar-refractivity contribution is 4.80. The van der Waals surface area contributed by atoms with Gasteiger partial charge in [0.25, 0.3) is 0 Å². The second kappa shape index (κ2) is 2.81. The van der Waals surface area contributed by atoms with Crippen molar-refractivity contribution in [2.45, 2.75) is 31.5 Å². The summed E-state index contributed by atoms with van der Waals surface area (Å²) in [6, 6.07) is 0. The Morgan fingerprint density at radius 3 is 2.30 bits per heavy atom. The zero-order chi connectivity index (χ0) is 7.72. The average molecular weight is 149 g/mol. The van der Waals surface area contributed by atoms with Crippen LogP contribution in [0.2, 0.25) is 0 Å². The van der Waals surface area contributed by atoms with Crippen LogP contribution in [0.4, 0.5) is 0 Å². The molecule has 1 aliphatic rings. The molecule has 0 radical (unpaired) electrons. The molecule has 0 aromatic heterocycles. The Morgan fingerprint density at radius 1 is 1.20 bits per heavy atom. The van der Waals surface area contributed by atoms with Crippen molar-refractivity contribution in [1.29, 1.82) is 0 Å². The van der Waals surface area contributed by atoms with Crippen LogP contribution in [0.3, 0.4) is 0 Å². The highest BCUT2D eigenvalue weighted by Gasteiger charge is 2.34. The summed E-state index contributed by atoms with van der Waals surface area (Å²) in [7, 11) is 0. The molecule has 10 heavy (non-hydrogen) atoms. The molecule has 60 valence electrons. The number of aliphatic hydroxyl groups excluding tert-OH is 3. The molecule has 5 nitrogen and oxygen atoms in total. The molecule has 0 spiro atoms. The van der Waals surface area contributed by atoms with Gasteiger partial charge in [-0.25, -0.2) is 0 Å². The molecule has 5 heteroatoms. The quantitative estimate of drug-likeness (QED) is 0.319. The summed E-state index contributed by atoms with van der Waals surface area (Å²) < 4.78 is 0. The first-order valence-electron chi connectivity index (χ1n) is 3.08. The van der Waals surface area contributed by atoms with Crippen LogP contribution in [0.25, 0.3) is 0 Å². The fourth-order valence-electron chi connectivity index (χ4n) is 0.781. The van der Waals surface area contributed by atoms with Gasteiger partial charge in [0.2, 0.25) is 0 Å². The maximum absolute atomic E-state index is 9.04. The van der Waals surface area contributed by atoms with Gasteiger partial charge in [-0.3, -0.25) is 4.84 Å². The Morgan fingerprint density at radius 2 is 1.80 bits per heavy atom. The van der Waals surface area contributed by atoms with E-state index >= 15 is 0 Å². The summed E-state index contributed by atoms with van der Waals surface area (Å²) >= 11 is 0. The fraction of sp³-hybridized carbons (Fsp3) is 1.00. The summed E-state index contributed by atoms with van der Waals surface area (Å²) in [6.45, 7) is 1.59. The van der Waals surface area contributed by atoms with Gasteiger partial charge < -0.3 is 15.3 Å². The van der Waals surface area contributed by atoms with E-state index in [1.807, 2.05) is 0 Å². The molecule has 1 fully saturated rings. The average Bonchev–Trinajstić information content (AvgIpc) is 1.93. The zero-order valence-corrected chi connectivity index (χ0v) is 5.56. The predicted octanol–water partition coefficient (Wildman–Crippen LogP) is -2.05. The number of rotatable bonds is 0. The largest absolute Gasteiger partial charge is 0.387 e. The van der Waals surface area contributed by atoms with Crippen LogP contribution in [0.1, 0.15) is 6.92 Å². The van der Waals surface area contributed by atoms with E-state index in [2.05, 4.69) is 10.3 Å². The lowest BCUT2D eigenvalue weighted by atomic mass is 10.1. The standard InChI is InChI=1S/C5H11NO4/c1-2-3(7)4(8)5(9)6-10-2/h2-9H,1H3/t2?,3-,4?,5?/m1/s1. The van der Waals surface area contributed by atoms with E-state index in [1.165, 1.54) is 0 Å². The number of aliphatic hydroxyl groups is 3. The number of hydrogen-bond donors (Lipinski definition) is 4. The number of hydrogen-bond acceptors (Lipinski definition) is 5. The lowest BCUT2D eigenvalue weighted by Gasteiger charge is -2.33. The molecule has 4 N–H and O–H groups in total. The van der Waals surface area contributed by atoms with E-state index < -0.39 is 24.5 Å². The van der Waals surface area contributed by atoms with E-state index in [1.54, 1.807) is 6.92 Å². The highest BCUT2D eigenvalue weighted by Crippen LogP contribution is 2.10. The van der Waals surface area contributed by atoms with Gasteiger partial charge in [0.05, 0.1) is 0 Å². The Bertz CT molecular complexity index is 106. The summed E-state index contributed by atoms with van der Waals surface area (Å²) in [5, 5.41) is 26.8. The first-order valence-corrected chi connectivity index (χ1v) is 3.08. The normalized spacial score (nSPS) is 49.2. The van der Waals surface area contributed by atoms with Crippen LogP contribution < -0.4 is 5.48 Å². The first kappa shape index (κ1) is 7.90. The minimum atomic E-state index is -1.20. The monoisotopic (exact) mass is 149 g/mol. The maximum Gasteiger partial charge on any atom is 0.155 e. The van der Waals surface area contributed by atoms with E-state index in [-0.39, 0.29) is 0 Å². The molecule has 0 aliphatic carbocycles. The Kier molecular flexibility index (Phi) is 2.22. The minimum Gasteiger partial charge on any atom is -0.387 e. The van der Waals surface area contributed by atoms with Crippen molar-refractivity contribution < 1.29 is 20.2 Å². The predicted molar refractivity (Wildman–Crippen MR) is 31.7 cm³/mol. The van der Waals surface area contributed by atoms with Crippen molar-refractivity contribution in [2.24, 2.45) is 0 Å². The molecule has 1 saturated heterocycles. The van der Waals surface area contributed by atoms with Crippen molar-refractivity contribution in [3.8, 4) is 0 Å². The fourth-order valence-corrected chi connectivity index (χ4v) is 0.781. The van der Waals surface area contributed by atoms with Crippen LogP contribution in [-0.2, 0) is 4.84 Å².